The smallest absolute Gasteiger partial charge is 0.0355 e. The van der Waals surface area contributed by atoms with Crippen molar-refractivity contribution in [1.29, 1.82) is 0 Å². The van der Waals surface area contributed by atoms with Gasteiger partial charge in [0.05, 0.1) is 0 Å². The fourth-order valence-electron chi connectivity index (χ4n) is 5.80. The van der Waals surface area contributed by atoms with Gasteiger partial charge in [0.2, 0.25) is 0 Å². The third kappa shape index (κ3) is 4.04. The molecule has 0 aliphatic heterocycles. The first-order chi connectivity index (χ1) is 14.0. The van der Waals surface area contributed by atoms with Gasteiger partial charge in [-0.25, -0.2) is 0 Å². The first-order valence-corrected chi connectivity index (χ1v) is 11.8. The van der Waals surface area contributed by atoms with Crippen LogP contribution in [0.5, 0.6) is 0 Å². The maximum atomic E-state index is 6.61. The van der Waals surface area contributed by atoms with Crippen molar-refractivity contribution in [3.8, 4) is 0 Å². The molecule has 2 heteroatoms. The van der Waals surface area contributed by atoms with E-state index in [1.54, 1.807) is 5.56 Å². The molecule has 0 bridgehead atoms. The van der Waals surface area contributed by atoms with E-state index in [2.05, 4.69) is 63.2 Å². The summed E-state index contributed by atoms with van der Waals surface area (Å²) < 4.78 is 0. The molecule has 1 aliphatic rings. The lowest BCUT2D eigenvalue weighted by Crippen LogP contribution is -2.31. The molecule has 0 amide bonds. The van der Waals surface area contributed by atoms with Crippen molar-refractivity contribution in [3.63, 3.8) is 0 Å². The molecule has 2 aromatic carbocycles. The van der Waals surface area contributed by atoms with Gasteiger partial charge in [0.25, 0.3) is 0 Å². The lowest BCUT2D eigenvalue weighted by atomic mass is 9.67. The van der Waals surface area contributed by atoms with E-state index in [0.29, 0.717) is 0 Å². The van der Waals surface area contributed by atoms with E-state index in [1.165, 1.54) is 68.9 Å². The molecule has 0 fully saturated rings. The highest BCUT2D eigenvalue weighted by Crippen LogP contribution is 2.60. The molecule has 0 radical (unpaired) electrons. The van der Waals surface area contributed by atoms with Crippen LogP contribution in [0.4, 0.5) is 11.4 Å². The fraction of sp³-hybridized carbons (Fsp3) is 0.556. The van der Waals surface area contributed by atoms with E-state index < -0.39 is 0 Å². The number of benzene rings is 2. The van der Waals surface area contributed by atoms with Gasteiger partial charge >= 0.3 is 0 Å². The van der Waals surface area contributed by atoms with Crippen LogP contribution in [0.1, 0.15) is 102 Å². The monoisotopic (exact) mass is 392 g/mol. The largest absolute Gasteiger partial charge is 0.399 e. The number of para-hydroxylation sites is 1. The van der Waals surface area contributed by atoms with Crippen LogP contribution in [0.3, 0.4) is 0 Å². The summed E-state index contributed by atoms with van der Waals surface area (Å²) in [5.41, 5.74) is 19.3. The maximum absolute atomic E-state index is 6.61. The van der Waals surface area contributed by atoms with Crippen LogP contribution in [-0.4, -0.2) is 0 Å². The summed E-state index contributed by atoms with van der Waals surface area (Å²) in [5.74, 6) is 0. The Morgan fingerprint density at radius 2 is 1.34 bits per heavy atom. The predicted molar refractivity (Wildman–Crippen MR) is 127 cm³/mol. The van der Waals surface area contributed by atoms with Gasteiger partial charge in [-0.3, -0.25) is 0 Å². The van der Waals surface area contributed by atoms with Crippen molar-refractivity contribution in [3.05, 3.63) is 59.2 Å². The van der Waals surface area contributed by atoms with Gasteiger partial charge < -0.3 is 11.5 Å². The minimum atomic E-state index is -0.0203. The molecule has 158 valence electrons. The molecule has 0 aromatic heterocycles. The third-order valence-electron chi connectivity index (χ3n) is 7.22. The van der Waals surface area contributed by atoms with Gasteiger partial charge in [0.15, 0.2) is 0 Å². The molecule has 1 unspecified atom stereocenters. The molecule has 1 atom stereocenters. The molecule has 2 aromatic rings. The summed E-state index contributed by atoms with van der Waals surface area (Å²) in [6.07, 6.45) is 12.3. The molecule has 0 heterocycles. The van der Waals surface area contributed by atoms with Gasteiger partial charge in [-0.05, 0) is 66.0 Å². The van der Waals surface area contributed by atoms with E-state index in [9.17, 15) is 0 Å². The average Bonchev–Trinajstić information content (AvgIpc) is 3.00. The highest BCUT2D eigenvalue weighted by molar-refractivity contribution is 5.63. The second kappa shape index (κ2) is 9.24. The molecule has 3 rings (SSSR count). The lowest BCUT2D eigenvalue weighted by molar-refractivity contribution is 0.284. The molecular formula is C27H40N2. The number of fused-ring (bicyclic) bond motifs is 1. The zero-order valence-electron chi connectivity index (χ0n) is 18.8. The van der Waals surface area contributed by atoms with E-state index in [-0.39, 0.29) is 10.8 Å². The van der Waals surface area contributed by atoms with Gasteiger partial charge in [-0.2, -0.15) is 0 Å². The van der Waals surface area contributed by atoms with Gasteiger partial charge in [-0.15, -0.1) is 0 Å². The number of nitrogen functional groups attached to an aromatic ring is 2. The summed E-state index contributed by atoms with van der Waals surface area (Å²) >= 11 is 0. The van der Waals surface area contributed by atoms with Crippen LogP contribution in [0.25, 0.3) is 0 Å². The van der Waals surface area contributed by atoms with Crippen molar-refractivity contribution in [2.75, 3.05) is 11.5 Å². The average molecular weight is 393 g/mol. The van der Waals surface area contributed by atoms with Gasteiger partial charge in [-0.1, -0.05) is 83.6 Å². The topological polar surface area (TPSA) is 52.0 Å². The Labute approximate surface area is 178 Å². The Kier molecular flexibility index (Phi) is 6.93. The molecule has 2 nitrogen and oxygen atoms in total. The van der Waals surface area contributed by atoms with Crippen molar-refractivity contribution in [1.82, 2.24) is 0 Å². The highest BCUT2D eigenvalue weighted by Gasteiger charge is 2.52. The summed E-state index contributed by atoms with van der Waals surface area (Å²) in [7, 11) is 0. The minimum Gasteiger partial charge on any atom is -0.399 e. The molecule has 0 saturated carbocycles. The molecule has 0 saturated heterocycles. The summed E-state index contributed by atoms with van der Waals surface area (Å²) in [6, 6.07) is 15.3. The number of rotatable bonds is 10. The van der Waals surface area contributed by atoms with Crippen molar-refractivity contribution in [2.45, 2.75) is 95.8 Å². The van der Waals surface area contributed by atoms with E-state index in [0.717, 1.165) is 17.8 Å². The first-order valence-electron chi connectivity index (χ1n) is 11.8. The van der Waals surface area contributed by atoms with Crippen molar-refractivity contribution >= 4 is 11.4 Å². The summed E-state index contributed by atoms with van der Waals surface area (Å²) in [5, 5.41) is 0. The Bertz CT molecular complexity index is 802. The van der Waals surface area contributed by atoms with E-state index in [4.69, 9.17) is 11.5 Å². The second-order valence-electron chi connectivity index (χ2n) is 9.24. The van der Waals surface area contributed by atoms with E-state index >= 15 is 0 Å². The first kappa shape index (κ1) is 21.7. The summed E-state index contributed by atoms with van der Waals surface area (Å²) in [4.78, 5) is 0. The molecule has 0 spiro atoms. The van der Waals surface area contributed by atoms with Crippen LogP contribution >= 0.6 is 0 Å². The van der Waals surface area contributed by atoms with Crippen molar-refractivity contribution < 1.29 is 0 Å². The minimum absolute atomic E-state index is 0.0203. The van der Waals surface area contributed by atoms with Gasteiger partial charge in [0.1, 0.15) is 0 Å². The Hall–Kier alpha value is -1.96. The lowest BCUT2D eigenvalue weighted by Gasteiger charge is -2.37. The van der Waals surface area contributed by atoms with Crippen molar-refractivity contribution in [2.24, 2.45) is 0 Å². The van der Waals surface area contributed by atoms with E-state index in [1.807, 2.05) is 0 Å². The Morgan fingerprint density at radius 1 is 0.724 bits per heavy atom. The van der Waals surface area contributed by atoms with Crippen LogP contribution in [-0.2, 0) is 10.8 Å². The molecular weight excluding hydrogens is 352 g/mol. The third-order valence-corrected chi connectivity index (χ3v) is 7.22. The zero-order chi connectivity index (χ0) is 20.9. The molecule has 4 N–H and O–H groups in total. The summed E-state index contributed by atoms with van der Waals surface area (Å²) in [6.45, 7) is 6.91. The molecule has 1 aliphatic carbocycles. The number of unbranched alkanes of at least 4 members (excludes halogenated alkanes) is 3. The highest BCUT2D eigenvalue weighted by atomic mass is 14.6. The Morgan fingerprint density at radius 3 is 1.97 bits per heavy atom. The van der Waals surface area contributed by atoms with Crippen LogP contribution in [0, 0.1) is 0 Å². The Balaban J connectivity index is 2.24. The SMILES string of the molecule is CCCCC1(CCCC)CC(CCCC)(c2ccccc2N)c2cc(N)ccc21. The number of nitrogens with two attached hydrogens (primary N) is 2. The number of hydrogen-bond acceptors (Lipinski definition) is 2. The van der Waals surface area contributed by atoms with Crippen LogP contribution in [0.15, 0.2) is 42.5 Å². The molecule has 29 heavy (non-hydrogen) atoms. The zero-order valence-corrected chi connectivity index (χ0v) is 18.8. The van der Waals surface area contributed by atoms with Crippen LogP contribution < -0.4 is 11.5 Å². The van der Waals surface area contributed by atoms with Crippen LogP contribution in [0.2, 0.25) is 0 Å². The normalized spacial score (nSPS) is 20.0. The van der Waals surface area contributed by atoms with Gasteiger partial charge in [0, 0.05) is 16.8 Å². The predicted octanol–water partition coefficient (Wildman–Crippen LogP) is 7.35. The maximum Gasteiger partial charge on any atom is 0.0355 e. The fourth-order valence-corrected chi connectivity index (χ4v) is 5.80. The number of anilines is 2. The standard InChI is InChI=1S/C27H40N2/c1-4-7-16-26(17-8-5-2)20-27(18-9-6-3,23-12-10-11-13-25(23)29)24-19-21(28)14-15-22(24)26/h10-15,19H,4-9,16-18,20,28-29H2,1-3H3. The number of hydrogen-bond donors (Lipinski definition) is 2. The quantitative estimate of drug-likeness (QED) is 0.415. The second-order valence-corrected chi connectivity index (χ2v) is 9.24.